The third kappa shape index (κ3) is 2.06. The molecule has 1 aliphatic rings. The lowest BCUT2D eigenvalue weighted by molar-refractivity contribution is -0.116. The van der Waals surface area contributed by atoms with Gasteiger partial charge in [-0.25, -0.2) is 4.98 Å². The molecule has 3 heterocycles. The molecule has 0 saturated heterocycles. The van der Waals surface area contributed by atoms with Gasteiger partial charge in [0.25, 0.3) is 0 Å². The first kappa shape index (κ1) is 12.1. The quantitative estimate of drug-likeness (QED) is 0.877. The summed E-state index contributed by atoms with van der Waals surface area (Å²) in [6.07, 6.45) is 0.491. The third-order valence-corrected chi connectivity index (χ3v) is 5.69. The molecule has 7 heteroatoms. The zero-order chi connectivity index (χ0) is 12.7. The van der Waals surface area contributed by atoms with Crippen molar-refractivity contribution < 1.29 is 4.79 Å². The predicted molar refractivity (Wildman–Crippen MR) is 78.8 cm³/mol. The summed E-state index contributed by atoms with van der Waals surface area (Å²) >= 11 is 6.74. The number of nitrogens with one attached hydrogen (secondary N) is 2. The van der Waals surface area contributed by atoms with E-state index in [4.69, 9.17) is 0 Å². The van der Waals surface area contributed by atoms with Crippen LogP contribution in [0.2, 0.25) is 0 Å². The Labute approximate surface area is 121 Å². The van der Waals surface area contributed by atoms with Gasteiger partial charge < -0.3 is 10.6 Å². The van der Waals surface area contributed by atoms with Gasteiger partial charge in [0.2, 0.25) is 5.91 Å². The van der Waals surface area contributed by atoms with E-state index in [-0.39, 0.29) is 11.8 Å². The number of thiazole rings is 1. The Hall–Kier alpha value is -0.920. The molecule has 1 atom stereocenters. The van der Waals surface area contributed by atoms with Gasteiger partial charge in [0.05, 0.1) is 8.66 Å². The van der Waals surface area contributed by atoms with Crippen molar-refractivity contribution in [2.24, 2.45) is 0 Å². The Kier molecular flexibility index (Phi) is 3.13. The minimum atomic E-state index is 0.0324. The molecule has 2 aromatic heterocycles. The number of anilines is 2. The topological polar surface area (TPSA) is 54.0 Å². The zero-order valence-corrected chi connectivity index (χ0v) is 12.7. The SMILES string of the molecule is CNc1nc2c(s1)C(c1ccc(Br)s1)CC(=O)N2. The van der Waals surface area contributed by atoms with E-state index >= 15 is 0 Å². The molecule has 1 amide bonds. The van der Waals surface area contributed by atoms with Crippen molar-refractivity contribution in [1.82, 2.24) is 4.98 Å². The fourth-order valence-corrected chi connectivity index (χ4v) is 4.57. The molecule has 1 aliphatic heterocycles. The highest BCUT2D eigenvalue weighted by Gasteiger charge is 2.31. The van der Waals surface area contributed by atoms with E-state index in [9.17, 15) is 4.79 Å². The van der Waals surface area contributed by atoms with Gasteiger partial charge in [0, 0.05) is 24.3 Å². The summed E-state index contributed by atoms with van der Waals surface area (Å²) in [6.45, 7) is 0. The first-order valence-corrected chi connectivity index (χ1v) is 7.83. The number of hydrogen-bond acceptors (Lipinski definition) is 5. The molecule has 94 valence electrons. The third-order valence-electron chi connectivity index (χ3n) is 2.77. The van der Waals surface area contributed by atoms with Crippen molar-refractivity contribution in [1.29, 1.82) is 0 Å². The Bertz CT molecular complexity index is 607. The minimum absolute atomic E-state index is 0.0324. The van der Waals surface area contributed by atoms with Gasteiger partial charge in [-0.2, -0.15) is 0 Å². The van der Waals surface area contributed by atoms with Crippen LogP contribution < -0.4 is 10.6 Å². The summed E-state index contributed by atoms with van der Waals surface area (Å²) in [7, 11) is 1.84. The van der Waals surface area contributed by atoms with E-state index in [1.54, 1.807) is 22.7 Å². The number of carbonyl (C=O) groups excluding carboxylic acids is 1. The smallest absolute Gasteiger partial charge is 0.226 e. The summed E-state index contributed by atoms with van der Waals surface area (Å²) in [5.74, 6) is 0.866. The molecular formula is C11H10BrN3OS2. The Morgan fingerprint density at radius 2 is 2.33 bits per heavy atom. The molecular weight excluding hydrogens is 334 g/mol. The summed E-state index contributed by atoms with van der Waals surface area (Å²) in [6, 6.07) is 4.09. The van der Waals surface area contributed by atoms with Crippen molar-refractivity contribution >= 4 is 55.5 Å². The van der Waals surface area contributed by atoms with Gasteiger partial charge in [-0.1, -0.05) is 11.3 Å². The molecule has 0 saturated carbocycles. The fourth-order valence-electron chi connectivity index (χ4n) is 1.97. The number of rotatable bonds is 2. The number of hydrogen-bond donors (Lipinski definition) is 2. The molecule has 0 spiro atoms. The van der Waals surface area contributed by atoms with E-state index in [2.05, 4.69) is 37.6 Å². The molecule has 4 nitrogen and oxygen atoms in total. The maximum atomic E-state index is 11.7. The second-order valence-electron chi connectivity index (χ2n) is 3.93. The van der Waals surface area contributed by atoms with Crippen LogP contribution >= 0.6 is 38.6 Å². The van der Waals surface area contributed by atoms with E-state index in [1.807, 2.05) is 13.1 Å². The van der Waals surface area contributed by atoms with Crippen LogP contribution in [0.4, 0.5) is 10.9 Å². The van der Waals surface area contributed by atoms with Crippen LogP contribution in [0, 0.1) is 0 Å². The summed E-state index contributed by atoms with van der Waals surface area (Å²) in [5.41, 5.74) is 0. The number of fused-ring (bicyclic) bond motifs is 1. The van der Waals surface area contributed by atoms with E-state index in [0.29, 0.717) is 12.2 Å². The molecule has 18 heavy (non-hydrogen) atoms. The van der Waals surface area contributed by atoms with Crippen LogP contribution in [0.1, 0.15) is 22.1 Å². The van der Waals surface area contributed by atoms with Crippen LogP contribution in [0.5, 0.6) is 0 Å². The Balaban J connectivity index is 2.06. The molecule has 3 rings (SSSR count). The van der Waals surface area contributed by atoms with Crippen molar-refractivity contribution in [2.75, 3.05) is 17.7 Å². The summed E-state index contributed by atoms with van der Waals surface area (Å²) < 4.78 is 1.09. The standard InChI is InChI=1S/C11H10BrN3OS2/c1-13-11-15-10-9(18-11)5(4-8(16)14-10)6-2-3-7(12)17-6/h2-3,5H,4H2,1H3,(H,13,15)(H,14,16). The lowest BCUT2D eigenvalue weighted by Gasteiger charge is -2.19. The highest BCUT2D eigenvalue weighted by atomic mass is 79.9. The minimum Gasteiger partial charge on any atom is -0.365 e. The van der Waals surface area contributed by atoms with Gasteiger partial charge in [-0.15, -0.1) is 11.3 Å². The summed E-state index contributed by atoms with van der Waals surface area (Å²) in [5, 5.41) is 6.70. The first-order chi connectivity index (χ1) is 8.67. The van der Waals surface area contributed by atoms with E-state index in [1.165, 1.54) is 4.88 Å². The maximum Gasteiger partial charge on any atom is 0.226 e. The number of aromatic nitrogens is 1. The zero-order valence-electron chi connectivity index (χ0n) is 9.49. The molecule has 0 aromatic carbocycles. The number of nitrogens with zero attached hydrogens (tertiary/aromatic N) is 1. The van der Waals surface area contributed by atoms with Crippen LogP contribution in [0.15, 0.2) is 15.9 Å². The van der Waals surface area contributed by atoms with Crippen LogP contribution in [0.25, 0.3) is 0 Å². The Morgan fingerprint density at radius 1 is 1.50 bits per heavy atom. The highest BCUT2D eigenvalue weighted by molar-refractivity contribution is 9.11. The van der Waals surface area contributed by atoms with Crippen LogP contribution in [-0.4, -0.2) is 17.9 Å². The predicted octanol–water partition coefficient (Wildman–Crippen LogP) is 3.48. The molecule has 0 aliphatic carbocycles. The number of thiophene rings is 1. The average Bonchev–Trinajstić information content (AvgIpc) is 2.93. The van der Waals surface area contributed by atoms with Crippen molar-refractivity contribution in [2.45, 2.75) is 12.3 Å². The van der Waals surface area contributed by atoms with Crippen LogP contribution in [0.3, 0.4) is 0 Å². The van der Waals surface area contributed by atoms with Gasteiger partial charge in [-0.05, 0) is 28.1 Å². The largest absolute Gasteiger partial charge is 0.365 e. The lowest BCUT2D eigenvalue weighted by Crippen LogP contribution is -2.22. The molecule has 2 aromatic rings. The average molecular weight is 344 g/mol. The fraction of sp³-hybridized carbons (Fsp3) is 0.273. The van der Waals surface area contributed by atoms with Crippen molar-refractivity contribution in [3.05, 3.63) is 25.7 Å². The van der Waals surface area contributed by atoms with E-state index in [0.717, 1.165) is 13.8 Å². The van der Waals surface area contributed by atoms with Crippen molar-refractivity contribution in [3.8, 4) is 0 Å². The van der Waals surface area contributed by atoms with E-state index < -0.39 is 0 Å². The van der Waals surface area contributed by atoms with Gasteiger partial charge in [0.15, 0.2) is 5.13 Å². The molecule has 0 bridgehead atoms. The lowest BCUT2D eigenvalue weighted by atomic mass is 9.98. The Morgan fingerprint density at radius 3 is 3.00 bits per heavy atom. The molecule has 0 radical (unpaired) electrons. The number of carbonyl (C=O) groups is 1. The number of amides is 1. The van der Waals surface area contributed by atoms with Crippen LogP contribution in [-0.2, 0) is 4.79 Å². The second-order valence-corrected chi connectivity index (χ2v) is 7.45. The van der Waals surface area contributed by atoms with Gasteiger partial charge in [-0.3, -0.25) is 4.79 Å². The normalized spacial score (nSPS) is 18.3. The van der Waals surface area contributed by atoms with Gasteiger partial charge in [0.1, 0.15) is 5.82 Å². The monoisotopic (exact) mass is 343 g/mol. The molecule has 0 fully saturated rings. The number of halogens is 1. The first-order valence-electron chi connectivity index (χ1n) is 5.41. The molecule has 2 N–H and O–H groups in total. The van der Waals surface area contributed by atoms with Crippen molar-refractivity contribution in [3.63, 3.8) is 0 Å². The second kappa shape index (κ2) is 4.64. The molecule has 1 unspecified atom stereocenters. The van der Waals surface area contributed by atoms with Gasteiger partial charge >= 0.3 is 0 Å². The summed E-state index contributed by atoms with van der Waals surface area (Å²) in [4.78, 5) is 18.4. The highest BCUT2D eigenvalue weighted by Crippen LogP contribution is 2.44. The maximum absolute atomic E-state index is 11.7.